The summed E-state index contributed by atoms with van der Waals surface area (Å²) in [6.07, 6.45) is 8.23. The number of rotatable bonds is 5. The molecule has 2 aromatic heterocycles. The molecule has 3 atom stereocenters. The van der Waals surface area contributed by atoms with Gasteiger partial charge in [-0.25, -0.2) is 14.8 Å². The number of benzene rings is 1. The van der Waals surface area contributed by atoms with E-state index in [0.29, 0.717) is 48.0 Å². The Morgan fingerprint density at radius 1 is 1.26 bits per heavy atom. The Morgan fingerprint density at radius 2 is 2.06 bits per heavy atom. The maximum atomic E-state index is 13.7. The molecule has 2 aliphatic rings. The minimum absolute atomic E-state index is 0.177. The normalized spacial score (nSPS) is 20.9. The van der Waals surface area contributed by atoms with Gasteiger partial charge in [-0.2, -0.15) is 0 Å². The summed E-state index contributed by atoms with van der Waals surface area (Å²) in [6, 6.07) is 7.17. The maximum Gasteiger partial charge on any atom is 0.335 e. The number of aromatic nitrogens is 4. The van der Waals surface area contributed by atoms with Crippen molar-refractivity contribution >= 4 is 17.0 Å². The summed E-state index contributed by atoms with van der Waals surface area (Å²) in [5, 5.41) is 10.3. The van der Waals surface area contributed by atoms with Crippen molar-refractivity contribution in [3.8, 4) is 23.3 Å². The highest BCUT2D eigenvalue weighted by atomic mass is 16.5. The third-order valence-corrected chi connectivity index (χ3v) is 6.56. The van der Waals surface area contributed by atoms with E-state index in [1.54, 1.807) is 16.1 Å². The Balaban J connectivity index is 1.51. The third kappa shape index (κ3) is 4.22. The van der Waals surface area contributed by atoms with Gasteiger partial charge in [-0.3, -0.25) is 14.0 Å². The summed E-state index contributed by atoms with van der Waals surface area (Å²) in [4.78, 5) is 24.1. The van der Waals surface area contributed by atoms with E-state index in [9.17, 15) is 9.90 Å². The summed E-state index contributed by atoms with van der Waals surface area (Å²) in [7, 11) is 0. The molecule has 180 valence electrons. The predicted octanol–water partition coefficient (Wildman–Crippen LogP) is 2.61. The molecule has 1 aromatic carbocycles. The van der Waals surface area contributed by atoms with E-state index >= 15 is 0 Å². The summed E-state index contributed by atoms with van der Waals surface area (Å²) >= 11 is 0. The van der Waals surface area contributed by atoms with E-state index in [-0.39, 0.29) is 17.5 Å². The van der Waals surface area contributed by atoms with Gasteiger partial charge in [-0.1, -0.05) is 25.0 Å². The zero-order valence-electron chi connectivity index (χ0n) is 19.8. The van der Waals surface area contributed by atoms with E-state index in [2.05, 4.69) is 34.8 Å². The van der Waals surface area contributed by atoms with Gasteiger partial charge in [-0.15, -0.1) is 5.92 Å². The highest BCUT2D eigenvalue weighted by Gasteiger charge is 2.32. The number of likely N-dealkylation sites (tertiary alicyclic amines) is 1. The lowest BCUT2D eigenvalue weighted by atomic mass is 10.0. The van der Waals surface area contributed by atoms with Crippen molar-refractivity contribution in [2.75, 3.05) is 18.8 Å². The molecule has 3 N–H and O–H groups in total. The van der Waals surface area contributed by atoms with Crippen LogP contribution in [-0.2, 0) is 0 Å². The van der Waals surface area contributed by atoms with Crippen molar-refractivity contribution in [2.24, 2.45) is 5.92 Å². The second-order valence-corrected chi connectivity index (χ2v) is 8.85. The average molecular weight is 473 g/mol. The second kappa shape index (κ2) is 9.41. The van der Waals surface area contributed by atoms with E-state index < -0.39 is 6.23 Å². The number of nitrogen functional groups attached to an aromatic ring is 1. The SMILES string of the molecule is CC#CC(O)N1CC[C@@H](n2c(=O)n(-c3ccc(OC4=CC=CCC4C)cc3)c3c(N)ncnc32)C1. The Kier molecular flexibility index (Phi) is 6.16. The van der Waals surface area contributed by atoms with E-state index in [1.165, 1.54) is 6.33 Å². The average Bonchev–Trinajstić information content (AvgIpc) is 3.44. The number of nitrogens with zero attached hydrogens (tertiary/aromatic N) is 5. The number of allylic oxidation sites excluding steroid dienone is 4. The highest BCUT2D eigenvalue weighted by molar-refractivity contribution is 5.84. The zero-order valence-corrected chi connectivity index (χ0v) is 19.8. The molecule has 35 heavy (non-hydrogen) atoms. The number of ether oxygens (including phenoxy) is 1. The Labute approximate surface area is 203 Å². The fraction of sp³-hybridized carbons (Fsp3) is 0.346. The van der Waals surface area contributed by atoms with Gasteiger partial charge in [0, 0.05) is 19.0 Å². The molecule has 5 rings (SSSR count). The topological polar surface area (TPSA) is 111 Å². The molecule has 1 saturated heterocycles. The number of fused-ring (bicyclic) bond motifs is 1. The third-order valence-electron chi connectivity index (χ3n) is 6.56. The summed E-state index contributed by atoms with van der Waals surface area (Å²) < 4.78 is 9.27. The van der Waals surface area contributed by atoms with E-state index in [1.807, 2.05) is 41.3 Å². The van der Waals surface area contributed by atoms with Crippen LogP contribution in [0.1, 0.15) is 32.7 Å². The fourth-order valence-corrected chi connectivity index (χ4v) is 4.72. The van der Waals surface area contributed by atoms with Crippen molar-refractivity contribution in [3.05, 3.63) is 65.1 Å². The smallest absolute Gasteiger partial charge is 0.335 e. The van der Waals surface area contributed by atoms with Crippen molar-refractivity contribution in [1.82, 2.24) is 24.0 Å². The van der Waals surface area contributed by atoms with Crippen LogP contribution in [0.4, 0.5) is 5.82 Å². The molecule has 1 aliphatic carbocycles. The molecule has 9 heteroatoms. The van der Waals surface area contributed by atoms with Crippen molar-refractivity contribution < 1.29 is 9.84 Å². The predicted molar refractivity (Wildman–Crippen MR) is 134 cm³/mol. The first-order chi connectivity index (χ1) is 17.0. The van der Waals surface area contributed by atoms with Crippen LogP contribution < -0.4 is 16.2 Å². The molecule has 9 nitrogen and oxygen atoms in total. The molecule has 1 fully saturated rings. The number of aliphatic hydroxyl groups is 1. The molecule has 1 aliphatic heterocycles. The lowest BCUT2D eigenvalue weighted by Crippen LogP contribution is -2.34. The first kappa shape index (κ1) is 22.9. The van der Waals surface area contributed by atoms with Gasteiger partial charge in [-0.05, 0) is 50.1 Å². The summed E-state index contributed by atoms with van der Waals surface area (Å²) in [6.45, 7) is 4.91. The van der Waals surface area contributed by atoms with Crippen LogP contribution in [-0.4, -0.2) is 48.4 Å². The first-order valence-electron chi connectivity index (χ1n) is 11.7. The minimum Gasteiger partial charge on any atom is -0.461 e. The first-order valence-corrected chi connectivity index (χ1v) is 11.7. The van der Waals surface area contributed by atoms with Crippen LogP contribution in [0.2, 0.25) is 0 Å². The largest absolute Gasteiger partial charge is 0.461 e. The summed E-state index contributed by atoms with van der Waals surface area (Å²) in [5.74, 6) is 7.64. The lowest BCUT2D eigenvalue weighted by molar-refractivity contribution is 0.0666. The quantitative estimate of drug-likeness (QED) is 0.549. The summed E-state index contributed by atoms with van der Waals surface area (Å²) in [5.41, 5.74) is 7.55. The maximum absolute atomic E-state index is 13.7. The minimum atomic E-state index is -0.862. The van der Waals surface area contributed by atoms with Gasteiger partial charge in [0.1, 0.15) is 23.4 Å². The molecule has 3 aromatic rings. The number of imidazole rings is 1. The van der Waals surface area contributed by atoms with Gasteiger partial charge >= 0.3 is 5.69 Å². The molecule has 0 bridgehead atoms. The Morgan fingerprint density at radius 3 is 2.80 bits per heavy atom. The number of anilines is 1. The molecule has 0 spiro atoms. The van der Waals surface area contributed by atoms with Gasteiger partial charge in [0.05, 0.1) is 11.7 Å². The molecule has 0 radical (unpaired) electrons. The van der Waals surface area contributed by atoms with Crippen molar-refractivity contribution in [1.29, 1.82) is 0 Å². The van der Waals surface area contributed by atoms with Gasteiger partial charge < -0.3 is 15.6 Å². The molecule has 2 unspecified atom stereocenters. The van der Waals surface area contributed by atoms with Crippen LogP contribution in [0, 0.1) is 17.8 Å². The Bertz CT molecular complexity index is 1420. The monoisotopic (exact) mass is 472 g/mol. The van der Waals surface area contributed by atoms with Gasteiger partial charge in [0.2, 0.25) is 0 Å². The number of nitrogens with two attached hydrogens (primary N) is 1. The number of hydrogen-bond acceptors (Lipinski definition) is 7. The molecule has 3 heterocycles. The van der Waals surface area contributed by atoms with Crippen molar-refractivity contribution in [2.45, 2.75) is 39.0 Å². The Hall–Kier alpha value is -3.87. The molecular weight excluding hydrogens is 444 g/mol. The molecule has 0 saturated carbocycles. The van der Waals surface area contributed by atoms with Gasteiger partial charge in [0.25, 0.3) is 0 Å². The van der Waals surface area contributed by atoms with Crippen LogP contribution in [0.25, 0.3) is 16.9 Å². The van der Waals surface area contributed by atoms with Crippen LogP contribution in [0.15, 0.2) is 59.4 Å². The highest BCUT2D eigenvalue weighted by Crippen LogP contribution is 2.29. The second-order valence-electron chi connectivity index (χ2n) is 8.85. The van der Waals surface area contributed by atoms with Crippen LogP contribution in [0.3, 0.4) is 0 Å². The number of hydrogen-bond donors (Lipinski definition) is 2. The lowest BCUT2D eigenvalue weighted by Gasteiger charge is -2.18. The molecule has 0 amide bonds. The van der Waals surface area contributed by atoms with Crippen LogP contribution >= 0.6 is 0 Å². The standard InChI is InChI=1S/C26H28N6O3/c1-3-6-22(33)30-14-13-19(15-30)32-25-23(24(27)28-16-29-25)31(26(32)34)18-9-11-20(12-10-18)35-21-8-5-4-7-17(21)2/h4-5,8-12,16-17,19,22,33H,7,13-15H2,1-2H3,(H2,27,28,29)/t17?,19-,22?/m1/s1. The van der Waals surface area contributed by atoms with Gasteiger partial charge in [0.15, 0.2) is 17.7 Å². The van der Waals surface area contributed by atoms with E-state index in [4.69, 9.17) is 10.5 Å². The number of aliphatic hydroxyl groups excluding tert-OH is 1. The van der Waals surface area contributed by atoms with E-state index in [0.717, 1.165) is 12.2 Å². The molecular formula is C26H28N6O3. The zero-order chi connectivity index (χ0) is 24.5. The van der Waals surface area contributed by atoms with Crippen molar-refractivity contribution in [3.63, 3.8) is 0 Å². The van der Waals surface area contributed by atoms with Crippen LogP contribution in [0.5, 0.6) is 5.75 Å². The fourth-order valence-electron chi connectivity index (χ4n) is 4.72.